The minimum atomic E-state index is 0.285. The highest BCUT2D eigenvalue weighted by Gasteiger charge is 2.28. The number of likely N-dealkylation sites (tertiary alicyclic amines) is 1. The average Bonchev–Trinajstić information content (AvgIpc) is 2.86. The van der Waals surface area contributed by atoms with Crippen LogP contribution in [0.4, 0.5) is 0 Å². The quantitative estimate of drug-likeness (QED) is 0.904. The summed E-state index contributed by atoms with van der Waals surface area (Å²) in [5.41, 5.74) is 7.25. The molecule has 2 aliphatic heterocycles. The van der Waals surface area contributed by atoms with Crippen molar-refractivity contribution in [2.45, 2.75) is 31.8 Å². The second-order valence-corrected chi connectivity index (χ2v) is 5.38. The predicted octanol–water partition coefficient (Wildman–Crippen LogP) is 1.94. The van der Waals surface area contributed by atoms with Gasteiger partial charge in [-0.3, -0.25) is 4.90 Å². The van der Waals surface area contributed by atoms with Gasteiger partial charge in [0.2, 0.25) is 0 Å². The SMILES string of the molecule is CC1CCCN1C(CN)c1ccc2c(c1)OCCO2. The second-order valence-electron chi connectivity index (χ2n) is 5.38. The largest absolute Gasteiger partial charge is 0.486 e. The maximum Gasteiger partial charge on any atom is 0.161 e. The molecule has 104 valence electrons. The van der Waals surface area contributed by atoms with E-state index >= 15 is 0 Å². The highest BCUT2D eigenvalue weighted by atomic mass is 16.6. The first-order valence-corrected chi connectivity index (χ1v) is 7.15. The molecule has 0 amide bonds. The van der Waals surface area contributed by atoms with Crippen molar-refractivity contribution in [3.63, 3.8) is 0 Å². The maximum absolute atomic E-state index is 6.01. The van der Waals surface area contributed by atoms with Crippen LogP contribution in [-0.2, 0) is 0 Å². The molecule has 1 saturated heterocycles. The lowest BCUT2D eigenvalue weighted by atomic mass is 10.0. The Morgan fingerprint density at radius 3 is 2.79 bits per heavy atom. The van der Waals surface area contributed by atoms with Crippen molar-refractivity contribution in [2.24, 2.45) is 5.73 Å². The maximum atomic E-state index is 6.01. The van der Waals surface area contributed by atoms with Gasteiger partial charge in [0.05, 0.1) is 0 Å². The molecule has 0 aliphatic carbocycles. The Morgan fingerprint density at radius 2 is 2.11 bits per heavy atom. The lowest BCUT2D eigenvalue weighted by Gasteiger charge is -2.31. The van der Waals surface area contributed by atoms with Crippen LogP contribution in [-0.4, -0.2) is 37.2 Å². The zero-order chi connectivity index (χ0) is 13.2. The summed E-state index contributed by atoms with van der Waals surface area (Å²) in [6.45, 7) is 5.33. The monoisotopic (exact) mass is 262 g/mol. The number of nitrogens with two attached hydrogens (primary N) is 1. The fraction of sp³-hybridized carbons (Fsp3) is 0.600. The zero-order valence-corrected chi connectivity index (χ0v) is 11.5. The van der Waals surface area contributed by atoms with Gasteiger partial charge in [0.25, 0.3) is 0 Å². The fourth-order valence-corrected chi connectivity index (χ4v) is 3.15. The molecule has 4 nitrogen and oxygen atoms in total. The minimum Gasteiger partial charge on any atom is -0.486 e. The molecule has 19 heavy (non-hydrogen) atoms. The Hall–Kier alpha value is -1.26. The molecule has 3 rings (SSSR count). The van der Waals surface area contributed by atoms with Crippen LogP contribution in [0.15, 0.2) is 18.2 Å². The summed E-state index contributed by atoms with van der Waals surface area (Å²) in [7, 11) is 0. The van der Waals surface area contributed by atoms with Crippen LogP contribution < -0.4 is 15.2 Å². The van der Waals surface area contributed by atoms with Crippen LogP contribution in [0.25, 0.3) is 0 Å². The van der Waals surface area contributed by atoms with Gasteiger partial charge in [0.1, 0.15) is 13.2 Å². The van der Waals surface area contributed by atoms with Crippen LogP contribution in [0, 0.1) is 0 Å². The van der Waals surface area contributed by atoms with E-state index in [0.717, 1.165) is 18.0 Å². The number of ether oxygens (including phenoxy) is 2. The third kappa shape index (κ3) is 2.42. The number of fused-ring (bicyclic) bond motifs is 1. The van der Waals surface area contributed by atoms with Crippen LogP contribution >= 0.6 is 0 Å². The first kappa shape index (κ1) is 12.8. The molecular formula is C15H22N2O2. The highest BCUT2D eigenvalue weighted by Crippen LogP contribution is 2.35. The van der Waals surface area contributed by atoms with E-state index in [0.29, 0.717) is 25.8 Å². The molecular weight excluding hydrogens is 240 g/mol. The van der Waals surface area contributed by atoms with Crippen molar-refractivity contribution in [1.29, 1.82) is 0 Å². The molecule has 2 unspecified atom stereocenters. The molecule has 1 aromatic rings. The van der Waals surface area contributed by atoms with Crippen molar-refractivity contribution in [1.82, 2.24) is 4.90 Å². The summed E-state index contributed by atoms with van der Waals surface area (Å²) in [6.07, 6.45) is 2.53. The van der Waals surface area contributed by atoms with Gasteiger partial charge in [-0.05, 0) is 44.0 Å². The lowest BCUT2D eigenvalue weighted by molar-refractivity contribution is 0.169. The van der Waals surface area contributed by atoms with Crippen molar-refractivity contribution in [2.75, 3.05) is 26.3 Å². The Labute approximate surface area is 114 Å². The Bertz CT molecular complexity index is 450. The molecule has 0 bridgehead atoms. The lowest BCUT2D eigenvalue weighted by Crippen LogP contribution is -2.36. The Kier molecular flexibility index (Phi) is 3.62. The molecule has 2 aliphatic rings. The zero-order valence-electron chi connectivity index (χ0n) is 11.5. The number of hydrogen-bond acceptors (Lipinski definition) is 4. The molecule has 1 fully saturated rings. The smallest absolute Gasteiger partial charge is 0.161 e. The fourth-order valence-electron chi connectivity index (χ4n) is 3.15. The van der Waals surface area contributed by atoms with E-state index in [1.165, 1.54) is 18.4 Å². The first-order chi connectivity index (χ1) is 9.29. The molecule has 2 atom stereocenters. The summed E-state index contributed by atoms with van der Waals surface area (Å²) in [4.78, 5) is 2.51. The average molecular weight is 262 g/mol. The van der Waals surface area contributed by atoms with Gasteiger partial charge >= 0.3 is 0 Å². The van der Waals surface area contributed by atoms with Gasteiger partial charge in [-0.25, -0.2) is 0 Å². The predicted molar refractivity (Wildman–Crippen MR) is 74.6 cm³/mol. The molecule has 1 aromatic carbocycles. The molecule has 0 radical (unpaired) electrons. The van der Waals surface area contributed by atoms with Crippen molar-refractivity contribution in [3.8, 4) is 11.5 Å². The number of nitrogens with zero attached hydrogens (tertiary/aromatic N) is 1. The summed E-state index contributed by atoms with van der Waals surface area (Å²) in [6, 6.07) is 7.12. The summed E-state index contributed by atoms with van der Waals surface area (Å²) in [5.74, 6) is 1.70. The third-order valence-electron chi connectivity index (χ3n) is 4.18. The van der Waals surface area contributed by atoms with E-state index in [1.807, 2.05) is 6.07 Å². The van der Waals surface area contributed by atoms with Gasteiger partial charge in [0.15, 0.2) is 11.5 Å². The highest BCUT2D eigenvalue weighted by molar-refractivity contribution is 5.44. The Morgan fingerprint density at radius 1 is 1.32 bits per heavy atom. The van der Waals surface area contributed by atoms with Crippen molar-refractivity contribution in [3.05, 3.63) is 23.8 Å². The molecule has 4 heteroatoms. The molecule has 2 heterocycles. The van der Waals surface area contributed by atoms with E-state index in [9.17, 15) is 0 Å². The van der Waals surface area contributed by atoms with Gasteiger partial charge in [-0.1, -0.05) is 6.07 Å². The Balaban J connectivity index is 1.86. The van der Waals surface area contributed by atoms with Crippen LogP contribution in [0.2, 0.25) is 0 Å². The first-order valence-electron chi connectivity index (χ1n) is 7.15. The van der Waals surface area contributed by atoms with Gasteiger partial charge < -0.3 is 15.2 Å². The van der Waals surface area contributed by atoms with Crippen molar-refractivity contribution >= 4 is 0 Å². The van der Waals surface area contributed by atoms with Crippen LogP contribution in [0.1, 0.15) is 31.4 Å². The number of hydrogen-bond donors (Lipinski definition) is 1. The van der Waals surface area contributed by atoms with E-state index in [-0.39, 0.29) is 6.04 Å². The molecule has 0 spiro atoms. The van der Waals surface area contributed by atoms with Gasteiger partial charge in [-0.2, -0.15) is 0 Å². The topological polar surface area (TPSA) is 47.7 Å². The van der Waals surface area contributed by atoms with E-state index in [4.69, 9.17) is 15.2 Å². The molecule has 0 saturated carbocycles. The summed E-state index contributed by atoms with van der Waals surface area (Å²) < 4.78 is 11.2. The minimum absolute atomic E-state index is 0.285. The standard InChI is InChI=1S/C15H22N2O2/c1-11-3-2-6-17(11)13(10-16)12-4-5-14-15(9-12)19-8-7-18-14/h4-5,9,11,13H,2-3,6-8,10,16H2,1H3. The van der Waals surface area contributed by atoms with E-state index in [2.05, 4.69) is 24.0 Å². The number of rotatable bonds is 3. The number of benzene rings is 1. The van der Waals surface area contributed by atoms with Crippen molar-refractivity contribution < 1.29 is 9.47 Å². The van der Waals surface area contributed by atoms with Gasteiger partial charge in [0, 0.05) is 18.6 Å². The summed E-state index contributed by atoms with van der Waals surface area (Å²) >= 11 is 0. The molecule has 2 N–H and O–H groups in total. The van der Waals surface area contributed by atoms with E-state index in [1.54, 1.807) is 0 Å². The second kappa shape index (κ2) is 5.39. The normalized spacial score (nSPS) is 24.4. The molecule has 0 aromatic heterocycles. The third-order valence-corrected chi connectivity index (χ3v) is 4.18. The van der Waals surface area contributed by atoms with E-state index < -0.39 is 0 Å². The van der Waals surface area contributed by atoms with Crippen LogP contribution in [0.5, 0.6) is 11.5 Å². The van der Waals surface area contributed by atoms with Gasteiger partial charge in [-0.15, -0.1) is 0 Å². The summed E-state index contributed by atoms with van der Waals surface area (Å²) in [5, 5.41) is 0. The van der Waals surface area contributed by atoms with Crippen LogP contribution in [0.3, 0.4) is 0 Å².